The van der Waals surface area contributed by atoms with Gasteiger partial charge in [0, 0.05) is 29.8 Å². The third kappa shape index (κ3) is 4.25. The van der Waals surface area contributed by atoms with Crippen LogP contribution in [0.2, 0.25) is 0 Å². The minimum Gasteiger partial charge on any atom is -0.376 e. The van der Waals surface area contributed by atoms with Crippen molar-refractivity contribution in [2.24, 2.45) is 0 Å². The second kappa shape index (κ2) is 8.21. The van der Waals surface area contributed by atoms with Crippen LogP contribution in [0.1, 0.15) is 39.9 Å². The molecule has 1 aromatic heterocycles. The number of benzene rings is 2. The van der Waals surface area contributed by atoms with Gasteiger partial charge in [-0.05, 0) is 61.9 Å². The third-order valence-corrected chi connectivity index (χ3v) is 5.55. The number of carbonyl (C=O) groups excluding carboxylic acids is 1. The number of aromatic amines is 1. The molecule has 0 bridgehead atoms. The number of carbonyl (C=O) groups is 1. The van der Waals surface area contributed by atoms with Gasteiger partial charge in [-0.3, -0.25) is 9.59 Å². The van der Waals surface area contributed by atoms with E-state index in [0.29, 0.717) is 17.7 Å². The van der Waals surface area contributed by atoms with E-state index in [4.69, 9.17) is 4.74 Å². The van der Waals surface area contributed by atoms with Crippen LogP contribution in [0.3, 0.4) is 0 Å². The van der Waals surface area contributed by atoms with Gasteiger partial charge in [-0.1, -0.05) is 29.8 Å². The van der Waals surface area contributed by atoms with E-state index < -0.39 is 0 Å². The summed E-state index contributed by atoms with van der Waals surface area (Å²) in [5, 5.41) is 0.972. The summed E-state index contributed by atoms with van der Waals surface area (Å²) < 4.78 is 5.77. The number of ether oxygens (including phenoxy) is 1. The minimum atomic E-state index is -0.156. The molecule has 1 N–H and O–H groups in total. The van der Waals surface area contributed by atoms with Crippen molar-refractivity contribution in [2.75, 3.05) is 13.2 Å². The standard InChI is InChI=1S/C24H26N2O3/c1-16-9-10-22-18(12-16)13-19(23(27)25-22)14-26(15-20-7-5-11-29-20)24(28)21-8-4-3-6-17(21)2/h3-4,6,8-10,12-13,20H,5,7,11,14-15H2,1-2H3,(H,25,27). The first-order chi connectivity index (χ1) is 14.0. The number of amides is 1. The summed E-state index contributed by atoms with van der Waals surface area (Å²) in [5.41, 5.74) is 3.96. The van der Waals surface area contributed by atoms with Crippen LogP contribution in [-0.4, -0.2) is 35.0 Å². The van der Waals surface area contributed by atoms with Gasteiger partial charge < -0.3 is 14.6 Å². The summed E-state index contributed by atoms with van der Waals surface area (Å²) in [5.74, 6) is -0.0673. The van der Waals surface area contributed by atoms with Crippen LogP contribution in [-0.2, 0) is 11.3 Å². The van der Waals surface area contributed by atoms with Gasteiger partial charge in [0.1, 0.15) is 0 Å². The van der Waals surface area contributed by atoms with Crippen LogP contribution in [0.15, 0.2) is 53.3 Å². The van der Waals surface area contributed by atoms with Crippen molar-refractivity contribution in [1.82, 2.24) is 9.88 Å². The Morgan fingerprint density at radius 3 is 2.76 bits per heavy atom. The van der Waals surface area contributed by atoms with E-state index in [1.165, 1.54) is 0 Å². The van der Waals surface area contributed by atoms with E-state index in [-0.39, 0.29) is 24.1 Å². The number of hydrogen-bond acceptors (Lipinski definition) is 3. The Morgan fingerprint density at radius 2 is 2.00 bits per heavy atom. The molecule has 1 amide bonds. The van der Waals surface area contributed by atoms with Crippen molar-refractivity contribution >= 4 is 16.8 Å². The predicted octanol–water partition coefficient (Wildman–Crippen LogP) is 3.97. The molecule has 150 valence electrons. The lowest BCUT2D eigenvalue weighted by molar-refractivity contribution is 0.0506. The van der Waals surface area contributed by atoms with Gasteiger partial charge >= 0.3 is 0 Å². The monoisotopic (exact) mass is 390 g/mol. The minimum absolute atomic E-state index is 0.0183. The molecule has 1 saturated heterocycles. The summed E-state index contributed by atoms with van der Waals surface area (Å²) in [7, 11) is 0. The summed E-state index contributed by atoms with van der Waals surface area (Å²) in [6.07, 6.45) is 1.96. The molecule has 5 nitrogen and oxygen atoms in total. The normalized spacial score (nSPS) is 16.3. The molecule has 0 spiro atoms. The Morgan fingerprint density at radius 1 is 1.17 bits per heavy atom. The Labute approximate surface area is 170 Å². The maximum absolute atomic E-state index is 13.3. The molecule has 3 aromatic rings. The van der Waals surface area contributed by atoms with E-state index >= 15 is 0 Å². The molecule has 1 aliphatic rings. The van der Waals surface area contributed by atoms with Crippen LogP contribution >= 0.6 is 0 Å². The summed E-state index contributed by atoms with van der Waals surface area (Å²) >= 11 is 0. The van der Waals surface area contributed by atoms with Crippen molar-refractivity contribution in [3.8, 4) is 0 Å². The highest BCUT2D eigenvalue weighted by atomic mass is 16.5. The van der Waals surface area contributed by atoms with E-state index in [2.05, 4.69) is 4.98 Å². The Hall–Kier alpha value is -2.92. The van der Waals surface area contributed by atoms with E-state index in [1.54, 1.807) is 4.90 Å². The lowest BCUT2D eigenvalue weighted by atomic mass is 10.1. The largest absolute Gasteiger partial charge is 0.376 e. The zero-order valence-corrected chi connectivity index (χ0v) is 16.9. The Bertz CT molecular complexity index is 1100. The second-order valence-electron chi connectivity index (χ2n) is 7.85. The maximum Gasteiger partial charge on any atom is 0.254 e. The number of fused-ring (bicyclic) bond motifs is 1. The van der Waals surface area contributed by atoms with E-state index in [0.717, 1.165) is 41.5 Å². The molecule has 0 radical (unpaired) electrons. The number of hydrogen-bond donors (Lipinski definition) is 1. The van der Waals surface area contributed by atoms with Crippen molar-refractivity contribution < 1.29 is 9.53 Å². The van der Waals surface area contributed by atoms with Crippen molar-refractivity contribution in [1.29, 1.82) is 0 Å². The molecule has 29 heavy (non-hydrogen) atoms. The molecule has 0 aliphatic carbocycles. The smallest absolute Gasteiger partial charge is 0.254 e. The molecule has 4 rings (SSSR count). The molecule has 5 heteroatoms. The lowest BCUT2D eigenvalue weighted by Gasteiger charge is -2.26. The fraction of sp³-hybridized carbons (Fsp3) is 0.333. The van der Waals surface area contributed by atoms with E-state index in [1.807, 2.05) is 62.4 Å². The average molecular weight is 390 g/mol. The molecule has 1 fully saturated rings. The molecule has 1 unspecified atom stereocenters. The van der Waals surface area contributed by atoms with Gasteiger partial charge in [0.25, 0.3) is 11.5 Å². The number of rotatable bonds is 5. The number of aryl methyl sites for hydroxylation is 2. The fourth-order valence-electron chi connectivity index (χ4n) is 3.93. The zero-order chi connectivity index (χ0) is 20.4. The molecule has 2 heterocycles. The molecule has 1 aliphatic heterocycles. The predicted molar refractivity (Wildman–Crippen MR) is 114 cm³/mol. The van der Waals surface area contributed by atoms with Crippen molar-refractivity contribution in [3.05, 3.63) is 81.1 Å². The Kier molecular flexibility index (Phi) is 5.49. The van der Waals surface area contributed by atoms with Gasteiger partial charge in [-0.15, -0.1) is 0 Å². The van der Waals surface area contributed by atoms with Crippen LogP contribution in [0, 0.1) is 13.8 Å². The molecule has 0 saturated carbocycles. The SMILES string of the molecule is Cc1ccc2[nH]c(=O)c(CN(CC3CCCO3)C(=O)c3ccccc3C)cc2c1. The highest BCUT2D eigenvalue weighted by Gasteiger charge is 2.25. The number of nitrogens with zero attached hydrogens (tertiary/aromatic N) is 1. The molecule has 2 aromatic carbocycles. The molecular weight excluding hydrogens is 364 g/mol. The fourth-order valence-corrected chi connectivity index (χ4v) is 3.93. The van der Waals surface area contributed by atoms with Gasteiger partial charge in [0.2, 0.25) is 0 Å². The Balaban J connectivity index is 1.68. The second-order valence-corrected chi connectivity index (χ2v) is 7.85. The summed E-state index contributed by atoms with van der Waals surface area (Å²) in [4.78, 5) is 30.7. The van der Waals surface area contributed by atoms with Crippen LogP contribution in [0.25, 0.3) is 10.9 Å². The number of pyridine rings is 1. The first-order valence-electron chi connectivity index (χ1n) is 10.1. The average Bonchev–Trinajstić information content (AvgIpc) is 3.21. The first kappa shape index (κ1) is 19.4. The highest BCUT2D eigenvalue weighted by Crippen LogP contribution is 2.19. The van der Waals surface area contributed by atoms with Crippen LogP contribution in [0.4, 0.5) is 0 Å². The van der Waals surface area contributed by atoms with Crippen molar-refractivity contribution in [2.45, 2.75) is 39.3 Å². The van der Waals surface area contributed by atoms with Crippen LogP contribution in [0.5, 0.6) is 0 Å². The van der Waals surface area contributed by atoms with E-state index in [9.17, 15) is 9.59 Å². The number of aromatic nitrogens is 1. The van der Waals surface area contributed by atoms with Crippen LogP contribution < -0.4 is 5.56 Å². The zero-order valence-electron chi connectivity index (χ0n) is 16.9. The van der Waals surface area contributed by atoms with Gasteiger partial charge in [-0.2, -0.15) is 0 Å². The summed E-state index contributed by atoms with van der Waals surface area (Å²) in [6.45, 7) is 5.43. The van der Waals surface area contributed by atoms with Crippen molar-refractivity contribution in [3.63, 3.8) is 0 Å². The maximum atomic E-state index is 13.3. The lowest BCUT2D eigenvalue weighted by Crippen LogP contribution is -2.38. The number of H-pyrrole nitrogens is 1. The van der Waals surface area contributed by atoms with Gasteiger partial charge in [-0.25, -0.2) is 0 Å². The first-order valence-corrected chi connectivity index (χ1v) is 10.1. The summed E-state index contributed by atoms with van der Waals surface area (Å²) in [6, 6.07) is 15.4. The molecule has 1 atom stereocenters. The topological polar surface area (TPSA) is 62.4 Å². The van der Waals surface area contributed by atoms with Gasteiger partial charge in [0.15, 0.2) is 0 Å². The third-order valence-electron chi connectivity index (χ3n) is 5.55. The quantitative estimate of drug-likeness (QED) is 0.717. The highest BCUT2D eigenvalue weighted by molar-refractivity contribution is 5.95. The number of nitrogens with one attached hydrogen (secondary N) is 1. The molecular formula is C24H26N2O3. The van der Waals surface area contributed by atoms with Gasteiger partial charge in [0.05, 0.1) is 12.6 Å².